The van der Waals surface area contributed by atoms with Crippen LogP contribution in [0.3, 0.4) is 0 Å². The Morgan fingerprint density at radius 1 is 1.25 bits per heavy atom. The van der Waals surface area contributed by atoms with Crippen molar-refractivity contribution in [2.24, 2.45) is 0 Å². The summed E-state index contributed by atoms with van der Waals surface area (Å²) in [5.74, 6) is 2.40. The van der Waals surface area contributed by atoms with Crippen molar-refractivity contribution in [1.29, 1.82) is 5.26 Å². The van der Waals surface area contributed by atoms with E-state index in [0.29, 0.717) is 21.3 Å². The van der Waals surface area contributed by atoms with Gasteiger partial charge in [0, 0.05) is 10.6 Å². The van der Waals surface area contributed by atoms with Crippen molar-refractivity contribution < 1.29 is 0 Å². The van der Waals surface area contributed by atoms with Crippen molar-refractivity contribution in [1.82, 2.24) is 4.57 Å². The number of halogens is 2. The average Bonchev–Trinajstić information content (AvgIpc) is 2.42. The molecule has 0 aliphatic carbocycles. The Hall–Kier alpha value is -2.20. The zero-order valence-electron chi connectivity index (χ0n) is 10.2. The minimum absolute atomic E-state index is 0.0362. The normalized spacial score (nSPS) is 9.80. The van der Waals surface area contributed by atoms with Crippen LogP contribution in [-0.2, 0) is 6.54 Å². The molecule has 2 aromatic rings. The lowest BCUT2D eigenvalue weighted by Crippen LogP contribution is -2.23. The van der Waals surface area contributed by atoms with Gasteiger partial charge in [0.05, 0.1) is 17.3 Å². The van der Waals surface area contributed by atoms with E-state index in [4.69, 9.17) is 34.9 Å². The number of hydrogen-bond donors (Lipinski definition) is 0. The van der Waals surface area contributed by atoms with Crippen molar-refractivity contribution in [3.8, 4) is 29.7 Å². The van der Waals surface area contributed by atoms with Gasteiger partial charge in [-0.3, -0.25) is 9.36 Å². The molecule has 3 nitrogen and oxygen atoms in total. The van der Waals surface area contributed by atoms with E-state index in [-0.39, 0.29) is 12.1 Å². The predicted molar refractivity (Wildman–Crippen MR) is 79.7 cm³/mol. The van der Waals surface area contributed by atoms with Crippen LogP contribution in [0.2, 0.25) is 10.0 Å². The first-order valence-electron chi connectivity index (χ1n) is 5.61. The van der Waals surface area contributed by atoms with Crippen LogP contribution < -0.4 is 5.56 Å². The van der Waals surface area contributed by atoms with Crippen LogP contribution in [0.5, 0.6) is 0 Å². The molecular weight excluding hydrogens is 295 g/mol. The number of nitriles is 1. The Bertz CT molecular complexity index is 810. The fourth-order valence-corrected chi connectivity index (χ4v) is 2.35. The third-order valence-corrected chi connectivity index (χ3v) is 3.30. The molecule has 5 heteroatoms. The number of terminal acetylenes is 1. The van der Waals surface area contributed by atoms with Crippen LogP contribution in [0.4, 0.5) is 0 Å². The molecule has 0 saturated carbocycles. The Labute approximate surface area is 126 Å². The maximum Gasteiger partial charge on any atom is 0.269 e. The van der Waals surface area contributed by atoms with Gasteiger partial charge in [0.2, 0.25) is 0 Å². The molecule has 0 N–H and O–H groups in total. The van der Waals surface area contributed by atoms with E-state index in [1.165, 1.54) is 10.6 Å². The molecule has 98 valence electrons. The van der Waals surface area contributed by atoms with Crippen LogP contribution >= 0.6 is 23.2 Å². The molecule has 0 unspecified atom stereocenters. The highest BCUT2D eigenvalue weighted by molar-refractivity contribution is 6.36. The number of rotatable bonds is 2. The van der Waals surface area contributed by atoms with Crippen LogP contribution in [0.15, 0.2) is 35.1 Å². The van der Waals surface area contributed by atoms with Gasteiger partial charge in [-0.15, -0.1) is 6.42 Å². The molecule has 0 aliphatic heterocycles. The average molecular weight is 303 g/mol. The predicted octanol–water partition coefficient (Wildman–Crippen LogP) is 3.33. The topological polar surface area (TPSA) is 45.8 Å². The van der Waals surface area contributed by atoms with E-state index in [1.807, 2.05) is 6.07 Å². The van der Waals surface area contributed by atoms with Gasteiger partial charge in [0.15, 0.2) is 0 Å². The fourth-order valence-electron chi connectivity index (χ4n) is 1.84. The van der Waals surface area contributed by atoms with E-state index >= 15 is 0 Å². The summed E-state index contributed by atoms with van der Waals surface area (Å²) in [5.41, 5.74) is 0.782. The van der Waals surface area contributed by atoms with E-state index in [0.717, 1.165) is 0 Å². The lowest BCUT2D eigenvalue weighted by Gasteiger charge is -2.12. The van der Waals surface area contributed by atoms with Crippen molar-refractivity contribution in [2.45, 2.75) is 6.54 Å². The molecule has 2 rings (SSSR count). The summed E-state index contributed by atoms with van der Waals surface area (Å²) in [7, 11) is 0. The summed E-state index contributed by atoms with van der Waals surface area (Å²) >= 11 is 12.0. The number of nitrogens with zero attached hydrogens (tertiary/aromatic N) is 2. The van der Waals surface area contributed by atoms with Crippen molar-refractivity contribution in [3.63, 3.8) is 0 Å². The van der Waals surface area contributed by atoms with Crippen LogP contribution in [0.1, 0.15) is 5.56 Å². The van der Waals surface area contributed by atoms with Gasteiger partial charge in [0.25, 0.3) is 5.56 Å². The molecule has 1 aromatic carbocycles. The van der Waals surface area contributed by atoms with E-state index in [2.05, 4.69) is 5.92 Å². The molecule has 0 amide bonds. The zero-order valence-corrected chi connectivity index (χ0v) is 11.7. The highest BCUT2D eigenvalue weighted by atomic mass is 35.5. The summed E-state index contributed by atoms with van der Waals surface area (Å²) in [6.45, 7) is 0.0582. The molecule has 0 radical (unpaired) electrons. The summed E-state index contributed by atoms with van der Waals surface area (Å²) in [6.07, 6.45) is 5.28. The second-order valence-electron chi connectivity index (χ2n) is 3.96. The monoisotopic (exact) mass is 302 g/mol. The summed E-state index contributed by atoms with van der Waals surface area (Å²) in [4.78, 5) is 12.1. The number of pyridine rings is 1. The zero-order chi connectivity index (χ0) is 14.7. The van der Waals surface area contributed by atoms with Crippen LogP contribution in [0.25, 0.3) is 11.3 Å². The molecule has 0 bridgehead atoms. The first-order valence-corrected chi connectivity index (χ1v) is 6.37. The third-order valence-electron chi connectivity index (χ3n) is 2.75. The van der Waals surface area contributed by atoms with Gasteiger partial charge in [-0.1, -0.05) is 29.1 Å². The van der Waals surface area contributed by atoms with Gasteiger partial charge < -0.3 is 0 Å². The van der Waals surface area contributed by atoms with Gasteiger partial charge in [-0.2, -0.15) is 5.26 Å². The summed E-state index contributed by atoms with van der Waals surface area (Å²) in [6, 6.07) is 9.90. The molecular formula is C15H8Cl2N2O. The summed E-state index contributed by atoms with van der Waals surface area (Å²) < 4.78 is 1.34. The second kappa shape index (κ2) is 5.84. The van der Waals surface area contributed by atoms with Crippen LogP contribution in [-0.4, -0.2) is 4.57 Å². The fraction of sp³-hybridized carbons (Fsp3) is 0.0667. The Balaban J connectivity index is 2.75. The van der Waals surface area contributed by atoms with Crippen molar-refractivity contribution in [3.05, 3.63) is 56.3 Å². The number of hydrogen-bond acceptors (Lipinski definition) is 2. The Morgan fingerprint density at radius 2 is 2.00 bits per heavy atom. The van der Waals surface area contributed by atoms with Gasteiger partial charge in [0.1, 0.15) is 11.6 Å². The SMILES string of the molecule is C#CCn1c(-c2ccc(Cl)cc2Cl)ccc(C#N)c1=O. The minimum Gasteiger partial charge on any atom is -0.295 e. The third kappa shape index (κ3) is 2.56. The number of aromatic nitrogens is 1. The molecule has 0 saturated heterocycles. The highest BCUT2D eigenvalue weighted by Gasteiger charge is 2.12. The summed E-state index contributed by atoms with van der Waals surface area (Å²) in [5, 5.41) is 9.81. The maximum atomic E-state index is 12.1. The maximum absolute atomic E-state index is 12.1. The van der Waals surface area contributed by atoms with Crippen LogP contribution in [0, 0.1) is 23.7 Å². The Morgan fingerprint density at radius 3 is 2.60 bits per heavy atom. The molecule has 0 fully saturated rings. The highest BCUT2D eigenvalue weighted by Crippen LogP contribution is 2.29. The van der Waals surface area contributed by atoms with E-state index in [9.17, 15) is 4.79 Å². The molecule has 0 spiro atoms. The van der Waals surface area contributed by atoms with E-state index < -0.39 is 5.56 Å². The standard InChI is InChI=1S/C15H8Cl2N2O/c1-2-7-19-14(6-3-10(9-18)15(19)20)12-5-4-11(16)8-13(12)17/h1,3-6,8H,7H2. The Kier molecular flexibility index (Phi) is 4.15. The minimum atomic E-state index is -0.436. The van der Waals surface area contributed by atoms with Crippen molar-refractivity contribution >= 4 is 23.2 Å². The first-order chi connectivity index (χ1) is 9.58. The number of benzene rings is 1. The lowest BCUT2D eigenvalue weighted by atomic mass is 10.1. The van der Waals surface area contributed by atoms with E-state index in [1.54, 1.807) is 24.3 Å². The van der Waals surface area contributed by atoms with Gasteiger partial charge in [-0.25, -0.2) is 0 Å². The van der Waals surface area contributed by atoms with Crippen molar-refractivity contribution in [2.75, 3.05) is 0 Å². The smallest absolute Gasteiger partial charge is 0.269 e. The second-order valence-corrected chi connectivity index (χ2v) is 4.81. The molecule has 1 aromatic heterocycles. The first kappa shape index (κ1) is 14.2. The molecule has 20 heavy (non-hydrogen) atoms. The molecule has 1 heterocycles. The lowest BCUT2D eigenvalue weighted by molar-refractivity contribution is 0.802. The largest absolute Gasteiger partial charge is 0.295 e. The molecule has 0 atom stereocenters. The van der Waals surface area contributed by atoms with Gasteiger partial charge >= 0.3 is 0 Å². The molecule has 0 aliphatic rings. The van der Waals surface area contributed by atoms with Gasteiger partial charge in [-0.05, 0) is 30.3 Å². The quantitative estimate of drug-likeness (QED) is 0.799.